The summed E-state index contributed by atoms with van der Waals surface area (Å²) >= 11 is 0. The van der Waals surface area contributed by atoms with Gasteiger partial charge in [0.1, 0.15) is 12.7 Å². The van der Waals surface area contributed by atoms with Gasteiger partial charge in [0.25, 0.3) is 5.91 Å². The molecule has 1 aliphatic heterocycles. The van der Waals surface area contributed by atoms with Crippen LogP contribution in [0.2, 0.25) is 0 Å². The number of piperidine rings is 1. The SMILES string of the molecule is COCCN1CCC(CNC(=O)c2ccc(-n3cnnc3)cc2)CC1. The van der Waals surface area contributed by atoms with Crippen LogP contribution in [0.1, 0.15) is 23.2 Å². The fourth-order valence-corrected chi connectivity index (χ4v) is 3.09. The Balaban J connectivity index is 1.44. The summed E-state index contributed by atoms with van der Waals surface area (Å²) in [7, 11) is 1.74. The highest BCUT2D eigenvalue weighted by Gasteiger charge is 2.19. The molecule has 7 heteroatoms. The van der Waals surface area contributed by atoms with E-state index in [1.54, 1.807) is 24.3 Å². The molecule has 3 rings (SSSR count). The zero-order valence-electron chi connectivity index (χ0n) is 14.6. The zero-order valence-corrected chi connectivity index (χ0v) is 14.6. The number of aromatic nitrogens is 3. The topological polar surface area (TPSA) is 72.3 Å². The van der Waals surface area contributed by atoms with Crippen LogP contribution >= 0.6 is 0 Å². The average Bonchev–Trinajstić information content (AvgIpc) is 3.20. The van der Waals surface area contributed by atoms with Gasteiger partial charge in [-0.1, -0.05) is 0 Å². The van der Waals surface area contributed by atoms with E-state index in [1.807, 2.05) is 24.3 Å². The molecule has 2 heterocycles. The van der Waals surface area contributed by atoms with E-state index in [0.29, 0.717) is 11.5 Å². The number of likely N-dealkylation sites (tertiary alicyclic amines) is 1. The van der Waals surface area contributed by atoms with Gasteiger partial charge in [-0.15, -0.1) is 10.2 Å². The van der Waals surface area contributed by atoms with Crippen molar-refractivity contribution in [2.75, 3.05) is 39.9 Å². The minimum Gasteiger partial charge on any atom is -0.383 e. The molecule has 0 aliphatic carbocycles. The maximum absolute atomic E-state index is 12.3. The van der Waals surface area contributed by atoms with Gasteiger partial charge in [0.2, 0.25) is 0 Å². The molecular formula is C18H25N5O2. The van der Waals surface area contributed by atoms with Gasteiger partial charge < -0.3 is 15.0 Å². The first kappa shape index (κ1) is 17.6. The quantitative estimate of drug-likeness (QED) is 0.822. The van der Waals surface area contributed by atoms with Crippen LogP contribution in [0, 0.1) is 5.92 Å². The molecular weight excluding hydrogens is 318 g/mol. The van der Waals surface area contributed by atoms with Crippen molar-refractivity contribution >= 4 is 5.91 Å². The average molecular weight is 343 g/mol. The minimum atomic E-state index is -0.0166. The van der Waals surface area contributed by atoms with Crippen LogP contribution in [-0.4, -0.2) is 65.5 Å². The maximum atomic E-state index is 12.3. The zero-order chi connectivity index (χ0) is 17.5. The summed E-state index contributed by atoms with van der Waals surface area (Å²) in [5.41, 5.74) is 1.61. The number of rotatable bonds is 7. The molecule has 25 heavy (non-hydrogen) atoms. The van der Waals surface area contributed by atoms with Gasteiger partial charge >= 0.3 is 0 Å². The van der Waals surface area contributed by atoms with E-state index in [0.717, 1.165) is 51.3 Å². The summed E-state index contributed by atoms with van der Waals surface area (Å²) in [6.07, 6.45) is 5.51. The third-order valence-corrected chi connectivity index (χ3v) is 4.72. The van der Waals surface area contributed by atoms with E-state index in [9.17, 15) is 4.79 Å². The Kier molecular flexibility index (Phi) is 6.14. The van der Waals surface area contributed by atoms with Gasteiger partial charge in [-0.25, -0.2) is 0 Å². The second-order valence-electron chi connectivity index (χ2n) is 6.40. The molecule has 0 atom stereocenters. The van der Waals surface area contributed by atoms with Crippen molar-refractivity contribution in [2.24, 2.45) is 5.92 Å². The van der Waals surface area contributed by atoms with Crippen molar-refractivity contribution in [3.8, 4) is 5.69 Å². The fourth-order valence-electron chi connectivity index (χ4n) is 3.09. The lowest BCUT2D eigenvalue weighted by molar-refractivity contribution is 0.0926. The largest absolute Gasteiger partial charge is 0.383 e. The molecule has 0 unspecified atom stereocenters. The molecule has 2 aromatic rings. The van der Waals surface area contributed by atoms with Crippen LogP contribution in [0.25, 0.3) is 5.69 Å². The number of amides is 1. The van der Waals surface area contributed by atoms with E-state index >= 15 is 0 Å². The Morgan fingerprint density at radius 2 is 1.88 bits per heavy atom. The Morgan fingerprint density at radius 1 is 1.20 bits per heavy atom. The van der Waals surface area contributed by atoms with Gasteiger partial charge in [0.15, 0.2) is 0 Å². The summed E-state index contributed by atoms with van der Waals surface area (Å²) in [6.45, 7) is 4.68. The first-order chi connectivity index (χ1) is 12.3. The van der Waals surface area contributed by atoms with Gasteiger partial charge in [0, 0.05) is 31.5 Å². The van der Waals surface area contributed by atoms with E-state index in [-0.39, 0.29) is 5.91 Å². The smallest absolute Gasteiger partial charge is 0.251 e. The van der Waals surface area contributed by atoms with Crippen LogP contribution in [0.3, 0.4) is 0 Å². The molecule has 134 valence electrons. The predicted molar refractivity (Wildman–Crippen MR) is 94.7 cm³/mol. The second-order valence-corrected chi connectivity index (χ2v) is 6.40. The number of hydrogen-bond acceptors (Lipinski definition) is 5. The molecule has 0 radical (unpaired) electrons. The van der Waals surface area contributed by atoms with E-state index in [1.165, 1.54) is 0 Å². The third-order valence-electron chi connectivity index (χ3n) is 4.72. The minimum absolute atomic E-state index is 0.0166. The normalized spacial score (nSPS) is 16.0. The molecule has 0 saturated carbocycles. The van der Waals surface area contributed by atoms with E-state index < -0.39 is 0 Å². The second kappa shape index (κ2) is 8.73. The number of ether oxygens (including phenoxy) is 1. The van der Waals surface area contributed by atoms with E-state index in [2.05, 4.69) is 20.4 Å². The van der Waals surface area contributed by atoms with Crippen molar-refractivity contribution in [2.45, 2.75) is 12.8 Å². The Morgan fingerprint density at radius 3 is 2.52 bits per heavy atom. The fraction of sp³-hybridized carbons (Fsp3) is 0.500. The number of nitrogens with zero attached hydrogens (tertiary/aromatic N) is 4. The summed E-state index contributed by atoms with van der Waals surface area (Å²) in [6, 6.07) is 7.45. The first-order valence-corrected chi connectivity index (χ1v) is 8.71. The van der Waals surface area contributed by atoms with Gasteiger partial charge in [-0.05, 0) is 56.1 Å². The highest BCUT2D eigenvalue weighted by molar-refractivity contribution is 5.94. The molecule has 0 spiro atoms. The number of carbonyl (C=O) groups is 1. The molecule has 1 saturated heterocycles. The lowest BCUT2D eigenvalue weighted by atomic mass is 9.96. The number of carbonyl (C=O) groups excluding carboxylic acids is 1. The van der Waals surface area contributed by atoms with Crippen molar-refractivity contribution in [3.05, 3.63) is 42.5 Å². The van der Waals surface area contributed by atoms with Gasteiger partial charge in [-0.2, -0.15) is 0 Å². The maximum Gasteiger partial charge on any atom is 0.251 e. The lowest BCUT2D eigenvalue weighted by Gasteiger charge is -2.31. The van der Waals surface area contributed by atoms with Crippen LogP contribution in [-0.2, 0) is 4.74 Å². The van der Waals surface area contributed by atoms with Crippen molar-refractivity contribution in [1.29, 1.82) is 0 Å². The third kappa shape index (κ3) is 4.87. The molecule has 1 fully saturated rings. The monoisotopic (exact) mass is 343 g/mol. The summed E-state index contributed by atoms with van der Waals surface area (Å²) < 4.78 is 6.93. The van der Waals surface area contributed by atoms with Crippen molar-refractivity contribution in [1.82, 2.24) is 25.0 Å². The summed E-state index contributed by atoms with van der Waals surface area (Å²) in [4.78, 5) is 14.7. The Bertz CT molecular complexity index is 649. The highest BCUT2D eigenvalue weighted by Crippen LogP contribution is 2.16. The summed E-state index contributed by atoms with van der Waals surface area (Å²) in [5.74, 6) is 0.538. The molecule has 1 amide bonds. The molecule has 1 aromatic carbocycles. The van der Waals surface area contributed by atoms with Crippen LogP contribution in [0.4, 0.5) is 0 Å². The Labute approximate surface area is 148 Å². The molecule has 1 aromatic heterocycles. The van der Waals surface area contributed by atoms with Crippen molar-refractivity contribution < 1.29 is 9.53 Å². The standard InChI is InChI=1S/C18H25N5O2/c1-25-11-10-22-8-6-15(7-9-22)12-19-18(24)16-2-4-17(5-3-16)23-13-20-21-14-23/h2-5,13-15H,6-12H2,1H3,(H,19,24). The number of methoxy groups -OCH3 is 1. The Hall–Kier alpha value is -2.25. The summed E-state index contributed by atoms with van der Waals surface area (Å²) in [5, 5.41) is 10.6. The molecule has 7 nitrogen and oxygen atoms in total. The number of nitrogens with one attached hydrogen (secondary N) is 1. The molecule has 1 aliphatic rings. The van der Waals surface area contributed by atoms with Gasteiger partial charge in [-0.3, -0.25) is 9.36 Å². The number of hydrogen-bond donors (Lipinski definition) is 1. The molecule has 1 N–H and O–H groups in total. The number of benzene rings is 1. The van der Waals surface area contributed by atoms with E-state index in [4.69, 9.17) is 4.74 Å². The first-order valence-electron chi connectivity index (χ1n) is 8.71. The van der Waals surface area contributed by atoms with Gasteiger partial charge in [0.05, 0.1) is 6.61 Å². The van der Waals surface area contributed by atoms with Crippen molar-refractivity contribution in [3.63, 3.8) is 0 Å². The van der Waals surface area contributed by atoms with Crippen LogP contribution in [0.15, 0.2) is 36.9 Å². The van der Waals surface area contributed by atoms with Crippen LogP contribution < -0.4 is 5.32 Å². The van der Waals surface area contributed by atoms with Crippen LogP contribution in [0.5, 0.6) is 0 Å². The predicted octanol–water partition coefficient (Wildman–Crippen LogP) is 1.36. The molecule has 0 bridgehead atoms. The lowest BCUT2D eigenvalue weighted by Crippen LogP contribution is -2.39. The highest BCUT2D eigenvalue weighted by atomic mass is 16.5.